The Bertz CT molecular complexity index is 176. The van der Waals surface area contributed by atoms with Crippen molar-refractivity contribution in [1.82, 2.24) is 0 Å². The lowest BCUT2D eigenvalue weighted by atomic mass is 9.83. The van der Waals surface area contributed by atoms with E-state index in [2.05, 4.69) is 27.4 Å². The third kappa shape index (κ3) is 4.87. The highest BCUT2D eigenvalue weighted by molar-refractivity contribution is 4.94. The molecule has 0 bridgehead atoms. The minimum atomic E-state index is -0.0946. The van der Waals surface area contributed by atoms with Crippen LogP contribution in [0, 0.1) is 17.8 Å². The van der Waals surface area contributed by atoms with E-state index in [4.69, 9.17) is 0 Å². The van der Waals surface area contributed by atoms with E-state index in [-0.39, 0.29) is 5.83 Å². The lowest BCUT2D eigenvalue weighted by molar-refractivity contribution is 0.325. The summed E-state index contributed by atoms with van der Waals surface area (Å²) in [5.74, 6) is 1.48. The summed E-state index contributed by atoms with van der Waals surface area (Å²) in [6.07, 6.45) is 4.35. The molecule has 1 heteroatoms. The number of rotatable bonds is 5. The summed E-state index contributed by atoms with van der Waals surface area (Å²) in [4.78, 5) is 0. The highest BCUT2D eigenvalue weighted by atomic mass is 19.1. The van der Waals surface area contributed by atoms with Crippen LogP contribution < -0.4 is 0 Å². The number of halogens is 1. The van der Waals surface area contributed by atoms with E-state index in [1.54, 1.807) is 6.08 Å². The summed E-state index contributed by atoms with van der Waals surface area (Å²) >= 11 is 0. The number of allylic oxidation sites excluding steroid dienone is 3. The molecule has 0 nitrogen and oxygen atoms in total. The molecule has 0 aromatic rings. The van der Waals surface area contributed by atoms with Gasteiger partial charge in [-0.2, -0.15) is 0 Å². The minimum Gasteiger partial charge on any atom is -0.212 e. The van der Waals surface area contributed by atoms with E-state index in [1.807, 2.05) is 6.08 Å². The Balaban J connectivity index is 4.18. The van der Waals surface area contributed by atoms with Gasteiger partial charge in [0.2, 0.25) is 0 Å². The largest absolute Gasteiger partial charge is 0.212 e. The van der Waals surface area contributed by atoms with Crippen LogP contribution in [0.2, 0.25) is 0 Å². The molecular formula is C12H21F. The molecule has 0 amide bonds. The molecule has 2 unspecified atom stereocenters. The van der Waals surface area contributed by atoms with E-state index >= 15 is 0 Å². The van der Waals surface area contributed by atoms with Gasteiger partial charge in [0.1, 0.15) is 0 Å². The van der Waals surface area contributed by atoms with E-state index in [0.717, 1.165) is 6.42 Å². The Kier molecular flexibility index (Phi) is 5.68. The fourth-order valence-electron chi connectivity index (χ4n) is 1.32. The van der Waals surface area contributed by atoms with E-state index < -0.39 is 0 Å². The fourth-order valence-corrected chi connectivity index (χ4v) is 1.32. The van der Waals surface area contributed by atoms with Crippen LogP contribution in [0.4, 0.5) is 4.39 Å². The van der Waals surface area contributed by atoms with Crippen LogP contribution in [0.15, 0.2) is 24.6 Å². The topological polar surface area (TPSA) is 0 Å². The first-order valence-electron chi connectivity index (χ1n) is 4.93. The molecule has 0 saturated carbocycles. The van der Waals surface area contributed by atoms with Crippen LogP contribution in [0.3, 0.4) is 0 Å². The van der Waals surface area contributed by atoms with E-state index in [1.165, 1.54) is 6.92 Å². The SMILES string of the molecule is C=CC(C/C=C(\C)F)C(C)C(C)C. The molecule has 0 heterocycles. The second kappa shape index (κ2) is 5.95. The molecule has 2 atom stereocenters. The second-order valence-electron chi connectivity index (χ2n) is 4.03. The van der Waals surface area contributed by atoms with Crippen molar-refractivity contribution in [2.75, 3.05) is 0 Å². The first-order chi connectivity index (χ1) is 5.99. The van der Waals surface area contributed by atoms with E-state index in [0.29, 0.717) is 17.8 Å². The van der Waals surface area contributed by atoms with Crippen molar-refractivity contribution in [3.63, 3.8) is 0 Å². The van der Waals surface area contributed by atoms with Crippen molar-refractivity contribution in [2.24, 2.45) is 17.8 Å². The van der Waals surface area contributed by atoms with Crippen molar-refractivity contribution < 1.29 is 4.39 Å². The quantitative estimate of drug-likeness (QED) is 0.557. The molecule has 13 heavy (non-hydrogen) atoms. The highest BCUT2D eigenvalue weighted by Gasteiger charge is 2.15. The third-order valence-electron chi connectivity index (χ3n) is 2.70. The lowest BCUT2D eigenvalue weighted by Gasteiger charge is -2.22. The van der Waals surface area contributed by atoms with Gasteiger partial charge in [-0.3, -0.25) is 0 Å². The van der Waals surface area contributed by atoms with Crippen LogP contribution in [0.5, 0.6) is 0 Å². The predicted molar refractivity (Wildman–Crippen MR) is 57.2 cm³/mol. The molecule has 0 radical (unpaired) electrons. The molecule has 0 N–H and O–H groups in total. The molecular weight excluding hydrogens is 163 g/mol. The van der Waals surface area contributed by atoms with Gasteiger partial charge in [-0.1, -0.05) is 32.9 Å². The van der Waals surface area contributed by atoms with Crippen LogP contribution in [0.1, 0.15) is 34.1 Å². The van der Waals surface area contributed by atoms with Crippen molar-refractivity contribution in [3.8, 4) is 0 Å². The summed E-state index contributed by atoms with van der Waals surface area (Å²) in [6.45, 7) is 11.8. The Morgan fingerprint density at radius 3 is 2.23 bits per heavy atom. The Morgan fingerprint density at radius 1 is 1.38 bits per heavy atom. The average Bonchev–Trinajstić information content (AvgIpc) is 2.04. The smallest absolute Gasteiger partial charge is 0.0929 e. The average molecular weight is 184 g/mol. The zero-order valence-electron chi connectivity index (χ0n) is 9.18. The zero-order chi connectivity index (χ0) is 10.4. The molecule has 0 aliphatic rings. The summed E-state index contributed by atoms with van der Waals surface area (Å²) in [7, 11) is 0. The van der Waals surface area contributed by atoms with Crippen LogP contribution in [-0.2, 0) is 0 Å². The zero-order valence-corrected chi connectivity index (χ0v) is 9.18. The standard InChI is InChI=1S/C12H21F/c1-6-12(8-7-10(4)13)11(5)9(2)3/h6-7,9,11-12H,1,8H2,2-5H3/b10-7+. The highest BCUT2D eigenvalue weighted by Crippen LogP contribution is 2.25. The van der Waals surface area contributed by atoms with Gasteiger partial charge in [0.15, 0.2) is 0 Å². The molecule has 0 spiro atoms. The van der Waals surface area contributed by atoms with Gasteiger partial charge in [-0.05, 0) is 31.1 Å². The first kappa shape index (κ1) is 12.4. The van der Waals surface area contributed by atoms with Gasteiger partial charge in [0, 0.05) is 0 Å². The normalized spacial score (nSPS) is 17.2. The number of hydrogen-bond acceptors (Lipinski definition) is 0. The summed E-state index contributed by atoms with van der Waals surface area (Å²) in [6, 6.07) is 0. The van der Waals surface area contributed by atoms with Gasteiger partial charge in [0.25, 0.3) is 0 Å². The first-order valence-corrected chi connectivity index (χ1v) is 4.93. The van der Waals surface area contributed by atoms with Crippen LogP contribution in [0.25, 0.3) is 0 Å². The van der Waals surface area contributed by atoms with Crippen molar-refractivity contribution in [3.05, 3.63) is 24.6 Å². The second-order valence-corrected chi connectivity index (χ2v) is 4.03. The Hall–Kier alpha value is -0.590. The maximum absolute atomic E-state index is 12.5. The summed E-state index contributed by atoms with van der Waals surface area (Å²) < 4.78 is 12.5. The van der Waals surface area contributed by atoms with Gasteiger partial charge in [-0.15, -0.1) is 6.58 Å². The molecule has 76 valence electrons. The molecule has 0 rings (SSSR count). The van der Waals surface area contributed by atoms with E-state index in [9.17, 15) is 4.39 Å². The van der Waals surface area contributed by atoms with Crippen molar-refractivity contribution in [2.45, 2.75) is 34.1 Å². The van der Waals surface area contributed by atoms with Crippen LogP contribution in [-0.4, -0.2) is 0 Å². The molecule has 0 saturated heterocycles. The van der Waals surface area contributed by atoms with Gasteiger partial charge in [-0.25, -0.2) is 4.39 Å². The van der Waals surface area contributed by atoms with Crippen molar-refractivity contribution >= 4 is 0 Å². The van der Waals surface area contributed by atoms with Crippen LogP contribution >= 0.6 is 0 Å². The summed E-state index contributed by atoms with van der Waals surface area (Å²) in [5.41, 5.74) is 0. The molecule has 0 fully saturated rings. The monoisotopic (exact) mass is 184 g/mol. The number of hydrogen-bond donors (Lipinski definition) is 0. The summed E-state index contributed by atoms with van der Waals surface area (Å²) in [5, 5.41) is 0. The Labute approximate surface area is 81.5 Å². The Morgan fingerprint density at radius 2 is 1.92 bits per heavy atom. The maximum atomic E-state index is 12.5. The molecule has 0 aromatic carbocycles. The lowest BCUT2D eigenvalue weighted by Crippen LogP contribution is -2.14. The predicted octanol–water partition coefficient (Wildman–Crippen LogP) is 4.34. The van der Waals surface area contributed by atoms with Crippen molar-refractivity contribution in [1.29, 1.82) is 0 Å². The molecule has 0 aliphatic heterocycles. The van der Waals surface area contributed by atoms with Gasteiger partial charge >= 0.3 is 0 Å². The minimum absolute atomic E-state index is 0.0946. The van der Waals surface area contributed by atoms with Gasteiger partial charge in [0.05, 0.1) is 5.83 Å². The maximum Gasteiger partial charge on any atom is 0.0929 e. The third-order valence-corrected chi connectivity index (χ3v) is 2.70. The molecule has 0 aromatic heterocycles. The molecule has 0 aliphatic carbocycles. The van der Waals surface area contributed by atoms with Gasteiger partial charge < -0.3 is 0 Å². The fraction of sp³-hybridized carbons (Fsp3) is 0.667.